The molecule has 0 aliphatic carbocycles. The fourth-order valence-corrected chi connectivity index (χ4v) is 3.77. The van der Waals surface area contributed by atoms with E-state index in [-0.39, 0.29) is 5.75 Å². The number of rotatable bonds is 10. The van der Waals surface area contributed by atoms with Gasteiger partial charge in [0.1, 0.15) is 0 Å². The van der Waals surface area contributed by atoms with Crippen LogP contribution < -0.4 is 10.6 Å². The highest BCUT2D eigenvalue weighted by Crippen LogP contribution is 2.06. The minimum atomic E-state index is -3.22. The zero-order valence-electron chi connectivity index (χ0n) is 15.4. The van der Waals surface area contributed by atoms with Gasteiger partial charge in [-0.25, -0.2) is 8.42 Å². The zero-order valence-corrected chi connectivity index (χ0v) is 16.2. The molecule has 7 nitrogen and oxygen atoms in total. The fourth-order valence-electron chi connectivity index (χ4n) is 2.45. The van der Waals surface area contributed by atoms with Crippen LogP contribution in [-0.4, -0.2) is 70.4 Å². The molecule has 1 aliphatic heterocycles. The highest BCUT2D eigenvalue weighted by Gasteiger charge is 2.23. The lowest BCUT2D eigenvalue weighted by molar-refractivity contribution is 0.0730. The summed E-state index contributed by atoms with van der Waals surface area (Å²) in [5.41, 5.74) is 0. The van der Waals surface area contributed by atoms with Crippen molar-refractivity contribution in [3.05, 3.63) is 0 Å². The summed E-state index contributed by atoms with van der Waals surface area (Å²) in [7, 11) is -3.22. The highest BCUT2D eigenvalue weighted by molar-refractivity contribution is 7.89. The van der Waals surface area contributed by atoms with E-state index in [1.165, 1.54) is 17.1 Å². The number of hydrogen-bond donors (Lipinski definition) is 2. The first kappa shape index (κ1) is 21.2. The molecular weight excluding hydrogens is 328 g/mol. The molecule has 0 saturated carbocycles. The number of guanidine groups is 1. The van der Waals surface area contributed by atoms with Crippen molar-refractivity contribution in [3.63, 3.8) is 0 Å². The van der Waals surface area contributed by atoms with E-state index in [1.54, 1.807) is 0 Å². The Morgan fingerprint density at radius 2 is 1.92 bits per heavy atom. The van der Waals surface area contributed by atoms with Gasteiger partial charge in [-0.3, -0.25) is 4.99 Å². The van der Waals surface area contributed by atoms with Gasteiger partial charge in [0.05, 0.1) is 19.0 Å². The molecule has 1 rings (SSSR count). The first-order valence-corrected chi connectivity index (χ1v) is 10.6. The molecule has 24 heavy (non-hydrogen) atoms. The smallest absolute Gasteiger partial charge is 0.215 e. The molecule has 0 spiro atoms. The lowest BCUT2D eigenvalue weighted by atomic mass is 10.1. The van der Waals surface area contributed by atoms with E-state index in [0.717, 1.165) is 25.4 Å². The Morgan fingerprint density at radius 3 is 2.54 bits per heavy atom. The van der Waals surface area contributed by atoms with Crippen molar-refractivity contribution in [2.45, 2.75) is 40.0 Å². The summed E-state index contributed by atoms with van der Waals surface area (Å²) in [5.74, 6) is 1.50. The number of sulfonamides is 1. The number of nitrogens with zero attached hydrogens (tertiary/aromatic N) is 2. The maximum absolute atomic E-state index is 12.3. The van der Waals surface area contributed by atoms with Crippen LogP contribution in [-0.2, 0) is 14.8 Å². The Labute approximate surface area is 147 Å². The quantitative estimate of drug-likeness (QED) is 0.345. The second-order valence-electron chi connectivity index (χ2n) is 6.40. The summed E-state index contributed by atoms with van der Waals surface area (Å²) in [4.78, 5) is 4.51. The molecule has 0 atom stereocenters. The van der Waals surface area contributed by atoms with Crippen molar-refractivity contribution in [2.75, 3.05) is 51.7 Å². The van der Waals surface area contributed by atoms with Crippen LogP contribution in [0.3, 0.4) is 0 Å². The number of morpholine rings is 1. The van der Waals surface area contributed by atoms with Crippen LogP contribution in [0.4, 0.5) is 0 Å². The topological polar surface area (TPSA) is 83.0 Å². The summed E-state index contributed by atoms with van der Waals surface area (Å²) >= 11 is 0. The van der Waals surface area contributed by atoms with E-state index < -0.39 is 10.0 Å². The first-order valence-electron chi connectivity index (χ1n) is 9.03. The summed E-state index contributed by atoms with van der Waals surface area (Å²) in [5, 5.41) is 6.28. The van der Waals surface area contributed by atoms with E-state index in [9.17, 15) is 8.42 Å². The van der Waals surface area contributed by atoms with Gasteiger partial charge in [-0.05, 0) is 19.3 Å². The summed E-state index contributed by atoms with van der Waals surface area (Å²) < 4.78 is 31.2. The van der Waals surface area contributed by atoms with Crippen molar-refractivity contribution >= 4 is 16.0 Å². The van der Waals surface area contributed by atoms with Gasteiger partial charge in [0.2, 0.25) is 10.0 Å². The van der Waals surface area contributed by atoms with Crippen LogP contribution in [0.25, 0.3) is 0 Å². The van der Waals surface area contributed by atoms with Gasteiger partial charge in [0.15, 0.2) is 5.96 Å². The van der Waals surface area contributed by atoms with Crippen LogP contribution >= 0.6 is 0 Å². The second kappa shape index (κ2) is 11.7. The van der Waals surface area contributed by atoms with Gasteiger partial charge in [-0.2, -0.15) is 4.31 Å². The van der Waals surface area contributed by atoms with Gasteiger partial charge in [-0.15, -0.1) is 0 Å². The van der Waals surface area contributed by atoms with Crippen molar-refractivity contribution in [3.8, 4) is 0 Å². The van der Waals surface area contributed by atoms with Gasteiger partial charge >= 0.3 is 0 Å². The molecule has 1 heterocycles. The molecule has 1 aliphatic rings. The molecule has 0 aromatic carbocycles. The minimum Gasteiger partial charge on any atom is -0.379 e. The number of ether oxygens (including phenoxy) is 1. The Balaban J connectivity index is 2.33. The monoisotopic (exact) mass is 362 g/mol. The second-order valence-corrected chi connectivity index (χ2v) is 8.49. The molecule has 8 heteroatoms. The Bertz CT molecular complexity index is 460. The van der Waals surface area contributed by atoms with Gasteiger partial charge < -0.3 is 15.4 Å². The summed E-state index contributed by atoms with van der Waals surface area (Å²) in [6.07, 6.45) is 3.45. The Kier molecular flexibility index (Phi) is 10.3. The van der Waals surface area contributed by atoms with Crippen molar-refractivity contribution < 1.29 is 13.2 Å². The van der Waals surface area contributed by atoms with Crippen LogP contribution in [0, 0.1) is 5.92 Å². The van der Waals surface area contributed by atoms with Crippen molar-refractivity contribution in [1.82, 2.24) is 14.9 Å². The maximum atomic E-state index is 12.3. The molecular formula is C16H34N4O3S. The molecule has 2 N–H and O–H groups in total. The van der Waals surface area contributed by atoms with Gasteiger partial charge in [0.25, 0.3) is 0 Å². The van der Waals surface area contributed by atoms with Crippen molar-refractivity contribution in [1.29, 1.82) is 0 Å². The predicted molar refractivity (Wildman–Crippen MR) is 98.8 cm³/mol. The molecule has 0 aromatic heterocycles. The third-order valence-electron chi connectivity index (χ3n) is 3.82. The summed E-state index contributed by atoms with van der Waals surface area (Å²) in [6.45, 7) is 10.2. The minimum absolute atomic E-state index is 0.0742. The Morgan fingerprint density at radius 1 is 1.21 bits per heavy atom. The molecule has 1 fully saturated rings. The van der Waals surface area contributed by atoms with Gasteiger partial charge in [0, 0.05) is 32.7 Å². The largest absolute Gasteiger partial charge is 0.379 e. The van der Waals surface area contributed by atoms with Crippen LogP contribution in [0.2, 0.25) is 0 Å². The third-order valence-corrected chi connectivity index (χ3v) is 5.69. The van der Waals surface area contributed by atoms with Crippen LogP contribution in [0.1, 0.15) is 40.0 Å². The van der Waals surface area contributed by atoms with Gasteiger partial charge in [-0.1, -0.05) is 26.7 Å². The number of nitrogens with one attached hydrogen (secondary N) is 2. The average molecular weight is 363 g/mol. The molecule has 142 valence electrons. The normalized spacial score (nSPS) is 17.2. The molecule has 0 radical (unpaired) electrons. The lowest BCUT2D eigenvalue weighted by Crippen LogP contribution is -2.45. The van der Waals surface area contributed by atoms with Crippen molar-refractivity contribution in [2.24, 2.45) is 10.9 Å². The summed E-state index contributed by atoms with van der Waals surface area (Å²) in [6, 6.07) is 0. The van der Waals surface area contributed by atoms with E-state index >= 15 is 0 Å². The highest BCUT2D eigenvalue weighted by atomic mass is 32.2. The van der Waals surface area contributed by atoms with E-state index in [0.29, 0.717) is 38.8 Å². The zero-order chi connectivity index (χ0) is 17.8. The fraction of sp³-hybridized carbons (Fsp3) is 0.938. The Hall–Kier alpha value is -0.860. The maximum Gasteiger partial charge on any atom is 0.215 e. The molecule has 0 aromatic rings. The van der Waals surface area contributed by atoms with E-state index in [2.05, 4.69) is 29.5 Å². The SMILES string of the molecule is CCNC(=NCCCCC(C)C)NCCS(=O)(=O)N1CCOCC1. The van der Waals surface area contributed by atoms with Crippen LogP contribution in [0.15, 0.2) is 4.99 Å². The number of unbranched alkanes of at least 4 members (excludes halogenated alkanes) is 1. The number of hydrogen-bond acceptors (Lipinski definition) is 4. The predicted octanol–water partition coefficient (Wildman–Crippen LogP) is 1.03. The van der Waals surface area contributed by atoms with E-state index in [1.807, 2.05) is 6.92 Å². The number of aliphatic imine (C=N–C) groups is 1. The lowest BCUT2D eigenvalue weighted by Gasteiger charge is -2.26. The van der Waals surface area contributed by atoms with Crippen LogP contribution in [0.5, 0.6) is 0 Å². The third kappa shape index (κ3) is 8.84. The molecule has 0 unspecified atom stereocenters. The molecule has 0 amide bonds. The standard InChI is InChI=1S/C16H34N4O3S/c1-4-17-16(18-8-6-5-7-15(2)3)19-9-14-24(21,22)20-10-12-23-13-11-20/h15H,4-14H2,1-3H3,(H2,17,18,19). The molecule has 1 saturated heterocycles. The van der Waals surface area contributed by atoms with E-state index in [4.69, 9.17) is 4.74 Å². The molecule has 0 bridgehead atoms. The average Bonchev–Trinajstić information content (AvgIpc) is 2.55. The first-order chi connectivity index (χ1) is 11.5.